The van der Waals surface area contributed by atoms with Crippen LogP contribution in [-0.2, 0) is 17.8 Å². The van der Waals surface area contributed by atoms with Gasteiger partial charge in [-0.15, -0.1) is 13.2 Å². The topological polar surface area (TPSA) is 97.3 Å². The van der Waals surface area contributed by atoms with Crippen LogP contribution < -0.4 is 19.5 Å². The van der Waals surface area contributed by atoms with Crippen LogP contribution in [0.15, 0.2) is 60.7 Å². The Bertz CT molecular complexity index is 1880. The SMILES string of the molecule is COc1ccc(CN2CCC(F)(F)CC2)c(OC)c1-c1cccc2c(C[C@H](NC(=O)c3c(F)cc(OC(F)(F)F)cc3F)C(=O)O)cccc12. The van der Waals surface area contributed by atoms with E-state index in [0.29, 0.717) is 45.5 Å². The number of nitrogens with one attached hydrogen (secondary N) is 1. The number of likely N-dealkylation sites (tertiary alicyclic amines) is 1. The third-order valence-electron chi connectivity index (χ3n) is 8.39. The third-order valence-corrected chi connectivity index (χ3v) is 8.39. The highest BCUT2D eigenvalue weighted by molar-refractivity contribution is 6.02. The minimum atomic E-state index is -5.25. The summed E-state index contributed by atoms with van der Waals surface area (Å²) >= 11 is 0. The number of nitrogens with zero attached hydrogens (tertiary/aromatic N) is 1. The zero-order valence-corrected chi connectivity index (χ0v) is 26.7. The van der Waals surface area contributed by atoms with Crippen molar-refractivity contribution in [3.8, 4) is 28.4 Å². The van der Waals surface area contributed by atoms with Gasteiger partial charge in [0.15, 0.2) is 0 Å². The van der Waals surface area contributed by atoms with E-state index in [-0.39, 0.29) is 44.5 Å². The average molecular weight is 709 g/mol. The number of alkyl halides is 5. The molecular weight excluding hydrogens is 677 g/mol. The molecule has 2 N–H and O–H groups in total. The fourth-order valence-electron chi connectivity index (χ4n) is 6.05. The third kappa shape index (κ3) is 8.04. The monoisotopic (exact) mass is 708 g/mol. The molecule has 1 aliphatic heterocycles. The molecule has 0 radical (unpaired) electrons. The second kappa shape index (κ2) is 14.4. The van der Waals surface area contributed by atoms with Gasteiger partial charge in [-0.05, 0) is 28.0 Å². The number of carbonyl (C=O) groups excluding carboxylic acids is 1. The molecule has 15 heteroatoms. The first-order valence-corrected chi connectivity index (χ1v) is 15.2. The van der Waals surface area contributed by atoms with Gasteiger partial charge in [0, 0.05) is 56.6 Å². The van der Waals surface area contributed by atoms with E-state index in [1.807, 2.05) is 4.90 Å². The molecule has 0 spiro atoms. The number of carbonyl (C=O) groups is 2. The van der Waals surface area contributed by atoms with E-state index in [2.05, 4.69) is 10.1 Å². The first-order valence-electron chi connectivity index (χ1n) is 15.2. The van der Waals surface area contributed by atoms with Gasteiger partial charge in [-0.2, -0.15) is 0 Å². The second-order valence-electron chi connectivity index (χ2n) is 11.7. The molecule has 4 aromatic carbocycles. The van der Waals surface area contributed by atoms with Crippen molar-refractivity contribution in [3.63, 3.8) is 0 Å². The van der Waals surface area contributed by atoms with E-state index >= 15 is 0 Å². The molecule has 0 unspecified atom stereocenters. The van der Waals surface area contributed by atoms with Crippen LogP contribution in [-0.4, -0.2) is 67.5 Å². The Labute approximate surface area is 281 Å². The van der Waals surface area contributed by atoms with E-state index in [9.17, 15) is 45.4 Å². The van der Waals surface area contributed by atoms with Crippen molar-refractivity contribution in [1.29, 1.82) is 0 Å². The molecule has 0 aliphatic carbocycles. The summed E-state index contributed by atoms with van der Waals surface area (Å²) < 4.78 is 109. The summed E-state index contributed by atoms with van der Waals surface area (Å²) in [5.41, 5.74) is 1.06. The second-order valence-corrected chi connectivity index (χ2v) is 11.7. The number of halogens is 7. The van der Waals surface area contributed by atoms with Crippen molar-refractivity contribution < 1.29 is 59.6 Å². The van der Waals surface area contributed by atoms with Crippen LogP contribution in [0.25, 0.3) is 21.9 Å². The number of carboxylic acid groups (broad SMARTS) is 1. The van der Waals surface area contributed by atoms with Gasteiger partial charge in [-0.3, -0.25) is 9.69 Å². The van der Waals surface area contributed by atoms with E-state index < -0.39 is 53.2 Å². The minimum absolute atomic E-state index is 0.163. The van der Waals surface area contributed by atoms with Crippen molar-refractivity contribution in [3.05, 3.63) is 89.0 Å². The quantitative estimate of drug-likeness (QED) is 0.157. The summed E-state index contributed by atoms with van der Waals surface area (Å²) in [6, 6.07) is 12.4. The van der Waals surface area contributed by atoms with Gasteiger partial charge in [-0.25, -0.2) is 22.4 Å². The summed E-state index contributed by atoms with van der Waals surface area (Å²) in [6.07, 6.45) is -6.11. The molecule has 1 heterocycles. The Morgan fingerprint density at radius 1 is 0.920 bits per heavy atom. The van der Waals surface area contributed by atoms with E-state index in [4.69, 9.17) is 9.47 Å². The lowest BCUT2D eigenvalue weighted by molar-refractivity contribution is -0.274. The number of aliphatic carboxylic acids is 1. The number of methoxy groups -OCH3 is 2. The fourth-order valence-corrected chi connectivity index (χ4v) is 6.05. The average Bonchev–Trinajstić information content (AvgIpc) is 3.03. The maximum absolute atomic E-state index is 14.6. The lowest BCUT2D eigenvalue weighted by atomic mass is 9.91. The molecule has 0 saturated carbocycles. The number of hydrogen-bond acceptors (Lipinski definition) is 6. The van der Waals surface area contributed by atoms with Gasteiger partial charge >= 0.3 is 12.3 Å². The summed E-state index contributed by atoms with van der Waals surface area (Å²) in [5.74, 6) is -9.48. The smallest absolute Gasteiger partial charge is 0.496 e. The molecule has 0 bridgehead atoms. The summed E-state index contributed by atoms with van der Waals surface area (Å²) in [7, 11) is 2.95. The Kier molecular flexibility index (Phi) is 10.5. The molecule has 5 rings (SSSR count). The van der Waals surface area contributed by atoms with Crippen LogP contribution >= 0.6 is 0 Å². The number of ether oxygens (including phenoxy) is 3. The first-order chi connectivity index (χ1) is 23.6. The predicted octanol–water partition coefficient (Wildman–Crippen LogP) is 7.36. The van der Waals surface area contributed by atoms with E-state index in [1.165, 1.54) is 14.2 Å². The molecule has 0 aromatic heterocycles. The number of piperidine rings is 1. The first kappa shape index (κ1) is 36.2. The summed E-state index contributed by atoms with van der Waals surface area (Å²) in [4.78, 5) is 27.0. The van der Waals surface area contributed by atoms with Crippen LogP contribution in [0, 0.1) is 11.6 Å². The zero-order valence-electron chi connectivity index (χ0n) is 26.7. The predicted molar refractivity (Wildman–Crippen MR) is 168 cm³/mol. The van der Waals surface area contributed by atoms with Crippen LogP contribution in [0.3, 0.4) is 0 Å². The molecule has 1 amide bonds. The number of fused-ring (bicyclic) bond motifs is 1. The van der Waals surface area contributed by atoms with Crippen molar-refractivity contribution >= 4 is 22.6 Å². The molecule has 1 fully saturated rings. The molecule has 1 atom stereocenters. The van der Waals surface area contributed by atoms with Gasteiger partial charge in [-0.1, -0.05) is 42.5 Å². The fraction of sp³-hybridized carbons (Fsp3) is 0.314. The van der Waals surface area contributed by atoms with Crippen molar-refractivity contribution in [2.45, 2.75) is 44.1 Å². The molecule has 266 valence electrons. The van der Waals surface area contributed by atoms with E-state index in [1.54, 1.807) is 48.5 Å². The number of rotatable bonds is 11. The number of hydrogen-bond donors (Lipinski definition) is 2. The van der Waals surface area contributed by atoms with Gasteiger partial charge in [0.2, 0.25) is 0 Å². The van der Waals surface area contributed by atoms with Crippen LogP contribution in [0.1, 0.15) is 34.3 Å². The lowest BCUT2D eigenvalue weighted by Crippen LogP contribution is -2.43. The summed E-state index contributed by atoms with van der Waals surface area (Å²) in [5, 5.41) is 13.2. The number of carboxylic acids is 1. The Morgan fingerprint density at radius 2 is 1.56 bits per heavy atom. The lowest BCUT2D eigenvalue weighted by Gasteiger charge is -2.32. The normalized spacial score (nSPS) is 15.4. The number of amides is 1. The minimum Gasteiger partial charge on any atom is -0.496 e. The molecule has 4 aromatic rings. The molecule has 1 aliphatic rings. The largest absolute Gasteiger partial charge is 0.573 e. The molecular formula is C35H31F7N2O6. The van der Waals surface area contributed by atoms with Crippen molar-refractivity contribution in [2.24, 2.45) is 0 Å². The highest BCUT2D eigenvalue weighted by Gasteiger charge is 2.35. The molecule has 1 saturated heterocycles. The van der Waals surface area contributed by atoms with Crippen LogP contribution in [0.2, 0.25) is 0 Å². The Morgan fingerprint density at radius 3 is 2.16 bits per heavy atom. The Balaban J connectivity index is 1.47. The standard InChI is InChI=1S/C35H31F7N2O6/c1-48-28-10-9-20(18-44-13-11-34(38,39)12-14-44)31(49-2)29(28)24-8-4-6-22-19(5-3-7-23(22)24)15-27(33(46)47)43-32(45)30-25(36)16-21(17-26(30)37)50-35(40,41)42/h3-10,16-17,27H,11-15,18H2,1-2H3,(H,43,45)(H,46,47)/t27-/m0/s1. The number of benzene rings is 4. The van der Waals surface area contributed by atoms with Gasteiger partial charge < -0.3 is 24.6 Å². The van der Waals surface area contributed by atoms with E-state index in [0.717, 1.165) is 5.56 Å². The van der Waals surface area contributed by atoms with Gasteiger partial charge in [0.25, 0.3) is 11.8 Å². The van der Waals surface area contributed by atoms with Gasteiger partial charge in [0.05, 0.1) is 19.8 Å². The van der Waals surface area contributed by atoms with Crippen molar-refractivity contribution in [2.75, 3.05) is 27.3 Å². The highest BCUT2D eigenvalue weighted by Crippen LogP contribution is 2.45. The maximum Gasteiger partial charge on any atom is 0.573 e. The van der Waals surface area contributed by atoms with Crippen LogP contribution in [0.5, 0.6) is 17.2 Å². The maximum atomic E-state index is 14.6. The Hall–Kier alpha value is -5.05. The zero-order chi connectivity index (χ0) is 36.4. The molecule has 8 nitrogen and oxygen atoms in total. The highest BCUT2D eigenvalue weighted by atomic mass is 19.4. The van der Waals surface area contributed by atoms with Gasteiger partial charge in [0.1, 0.15) is 40.5 Å². The van der Waals surface area contributed by atoms with Crippen LogP contribution in [0.4, 0.5) is 30.7 Å². The molecule has 50 heavy (non-hydrogen) atoms. The van der Waals surface area contributed by atoms with Crippen molar-refractivity contribution in [1.82, 2.24) is 10.2 Å². The summed E-state index contributed by atoms with van der Waals surface area (Å²) in [6.45, 7) is 0.743.